The molecule has 0 radical (unpaired) electrons. The zero-order valence-electron chi connectivity index (χ0n) is 17.7. The van der Waals surface area contributed by atoms with Crippen molar-refractivity contribution in [2.45, 2.75) is 58.1 Å². The summed E-state index contributed by atoms with van der Waals surface area (Å²) < 4.78 is 5.76. The molecule has 0 aliphatic heterocycles. The number of carbonyl (C=O) groups is 2. The number of ether oxygens (including phenoxy) is 1. The third kappa shape index (κ3) is 6.51. The molecular formula is C24H31N3O3. The highest BCUT2D eigenvalue weighted by Crippen LogP contribution is 2.24. The highest BCUT2D eigenvalue weighted by Gasteiger charge is 2.17. The molecule has 2 aromatic rings. The Hall–Kier alpha value is -3.02. The highest BCUT2D eigenvalue weighted by molar-refractivity contribution is 5.98. The summed E-state index contributed by atoms with van der Waals surface area (Å²) in [6, 6.07) is 14.8. The number of nitrogens with one attached hydrogen (secondary N) is 3. The minimum Gasteiger partial charge on any atom is -0.489 e. The standard InChI is InChI=1S/C24H31N3O3/c1-17(2)30-22-14-7-6-13-21(22)25-16-23(28)26-20-12-8-9-18(15-20)24(29)27-19-10-4-3-5-11-19/h6-9,12-15,17,19,25H,3-5,10-11,16H2,1-2H3,(H,26,28)(H,27,29). The molecule has 1 aliphatic rings. The molecule has 0 saturated heterocycles. The maximum absolute atomic E-state index is 12.5. The van der Waals surface area contributed by atoms with Crippen molar-refractivity contribution in [3.05, 3.63) is 54.1 Å². The summed E-state index contributed by atoms with van der Waals surface area (Å²) in [5.41, 5.74) is 1.92. The molecule has 30 heavy (non-hydrogen) atoms. The zero-order valence-corrected chi connectivity index (χ0v) is 17.7. The fourth-order valence-corrected chi connectivity index (χ4v) is 3.60. The summed E-state index contributed by atoms with van der Waals surface area (Å²) in [6.45, 7) is 4.01. The van der Waals surface area contributed by atoms with Gasteiger partial charge in [0.25, 0.3) is 5.91 Å². The van der Waals surface area contributed by atoms with Crippen molar-refractivity contribution < 1.29 is 14.3 Å². The largest absolute Gasteiger partial charge is 0.489 e. The predicted octanol–water partition coefficient (Wildman–Crippen LogP) is 4.59. The van der Waals surface area contributed by atoms with Gasteiger partial charge in [-0.15, -0.1) is 0 Å². The highest BCUT2D eigenvalue weighted by atomic mass is 16.5. The lowest BCUT2D eigenvalue weighted by Crippen LogP contribution is -2.36. The molecule has 0 unspecified atom stereocenters. The van der Waals surface area contributed by atoms with E-state index in [0.29, 0.717) is 17.0 Å². The molecule has 0 spiro atoms. The molecule has 6 heteroatoms. The number of amides is 2. The number of rotatable bonds is 8. The normalized spacial score (nSPS) is 14.2. The Labute approximate surface area is 178 Å². The van der Waals surface area contributed by atoms with Crippen molar-refractivity contribution in [1.82, 2.24) is 5.32 Å². The molecule has 0 heterocycles. The van der Waals surface area contributed by atoms with Gasteiger partial charge < -0.3 is 20.7 Å². The molecule has 0 aromatic heterocycles. The number of hydrogen-bond donors (Lipinski definition) is 3. The second-order valence-corrected chi connectivity index (χ2v) is 7.95. The van der Waals surface area contributed by atoms with E-state index in [9.17, 15) is 9.59 Å². The third-order valence-electron chi connectivity index (χ3n) is 5.04. The van der Waals surface area contributed by atoms with Crippen molar-refractivity contribution in [1.29, 1.82) is 0 Å². The van der Waals surface area contributed by atoms with E-state index in [-0.39, 0.29) is 30.5 Å². The minimum absolute atomic E-state index is 0.0456. The van der Waals surface area contributed by atoms with E-state index in [1.807, 2.05) is 38.1 Å². The van der Waals surface area contributed by atoms with Gasteiger partial charge in [-0.05, 0) is 57.0 Å². The van der Waals surface area contributed by atoms with Crippen LogP contribution in [0.15, 0.2) is 48.5 Å². The van der Waals surface area contributed by atoms with Gasteiger partial charge in [-0.3, -0.25) is 9.59 Å². The van der Waals surface area contributed by atoms with E-state index in [1.54, 1.807) is 24.3 Å². The topological polar surface area (TPSA) is 79.5 Å². The molecule has 1 fully saturated rings. The van der Waals surface area contributed by atoms with Crippen molar-refractivity contribution in [3.8, 4) is 5.75 Å². The van der Waals surface area contributed by atoms with Gasteiger partial charge in [-0.25, -0.2) is 0 Å². The van der Waals surface area contributed by atoms with E-state index in [2.05, 4.69) is 16.0 Å². The fraction of sp³-hybridized carbons (Fsp3) is 0.417. The molecule has 6 nitrogen and oxygen atoms in total. The second kappa shape index (κ2) is 10.7. The summed E-state index contributed by atoms with van der Waals surface area (Å²) in [5.74, 6) is 0.428. The van der Waals surface area contributed by atoms with Crippen molar-refractivity contribution in [2.24, 2.45) is 0 Å². The first kappa shape index (κ1) is 21.7. The van der Waals surface area contributed by atoms with E-state index in [1.165, 1.54) is 19.3 Å². The Morgan fingerprint density at radius 3 is 2.57 bits per heavy atom. The van der Waals surface area contributed by atoms with Gasteiger partial charge in [-0.1, -0.05) is 37.5 Å². The van der Waals surface area contributed by atoms with Crippen LogP contribution in [-0.4, -0.2) is 30.5 Å². The quantitative estimate of drug-likeness (QED) is 0.596. The van der Waals surface area contributed by atoms with Crippen LogP contribution in [0.5, 0.6) is 5.75 Å². The molecule has 2 amide bonds. The number of anilines is 2. The molecule has 3 N–H and O–H groups in total. The Balaban J connectivity index is 1.54. The van der Waals surface area contributed by atoms with Gasteiger partial charge in [0.05, 0.1) is 18.3 Å². The molecule has 1 aliphatic carbocycles. The van der Waals surface area contributed by atoms with Crippen molar-refractivity contribution in [2.75, 3.05) is 17.2 Å². The van der Waals surface area contributed by atoms with Crippen molar-refractivity contribution in [3.63, 3.8) is 0 Å². The number of para-hydroxylation sites is 2. The molecule has 3 rings (SSSR count). The lowest BCUT2D eigenvalue weighted by atomic mass is 9.95. The summed E-state index contributed by atoms with van der Waals surface area (Å²) in [7, 11) is 0. The number of benzene rings is 2. The lowest BCUT2D eigenvalue weighted by molar-refractivity contribution is -0.114. The average molecular weight is 410 g/mol. The molecule has 1 saturated carbocycles. The third-order valence-corrected chi connectivity index (χ3v) is 5.04. The van der Waals surface area contributed by atoms with Crippen LogP contribution in [0.2, 0.25) is 0 Å². The Bertz CT molecular complexity index is 860. The SMILES string of the molecule is CC(C)Oc1ccccc1NCC(=O)Nc1cccc(C(=O)NC2CCCCC2)c1. The van der Waals surface area contributed by atoms with E-state index < -0.39 is 0 Å². The predicted molar refractivity (Wildman–Crippen MR) is 120 cm³/mol. The van der Waals surface area contributed by atoms with Crippen LogP contribution in [0.1, 0.15) is 56.3 Å². The van der Waals surface area contributed by atoms with Crippen LogP contribution in [0.25, 0.3) is 0 Å². The van der Waals surface area contributed by atoms with Crippen LogP contribution >= 0.6 is 0 Å². The van der Waals surface area contributed by atoms with Crippen LogP contribution in [0.3, 0.4) is 0 Å². The second-order valence-electron chi connectivity index (χ2n) is 7.95. The molecule has 2 aromatic carbocycles. The maximum Gasteiger partial charge on any atom is 0.251 e. The van der Waals surface area contributed by atoms with Gasteiger partial charge in [0.2, 0.25) is 5.91 Å². The van der Waals surface area contributed by atoms with E-state index in [4.69, 9.17) is 4.74 Å². The van der Waals surface area contributed by atoms with Crippen LogP contribution in [0.4, 0.5) is 11.4 Å². The Morgan fingerprint density at radius 2 is 1.80 bits per heavy atom. The van der Waals surface area contributed by atoms with Gasteiger partial charge in [0, 0.05) is 17.3 Å². The van der Waals surface area contributed by atoms with Gasteiger partial charge in [-0.2, -0.15) is 0 Å². The first-order chi connectivity index (χ1) is 14.5. The fourth-order valence-electron chi connectivity index (χ4n) is 3.60. The summed E-state index contributed by atoms with van der Waals surface area (Å²) >= 11 is 0. The lowest BCUT2D eigenvalue weighted by Gasteiger charge is -2.22. The smallest absolute Gasteiger partial charge is 0.251 e. The summed E-state index contributed by atoms with van der Waals surface area (Å²) in [6.07, 6.45) is 5.70. The number of carbonyl (C=O) groups excluding carboxylic acids is 2. The van der Waals surface area contributed by atoms with Crippen LogP contribution in [-0.2, 0) is 4.79 Å². The monoisotopic (exact) mass is 409 g/mol. The summed E-state index contributed by atoms with van der Waals surface area (Å²) in [5, 5.41) is 9.07. The number of hydrogen-bond acceptors (Lipinski definition) is 4. The van der Waals surface area contributed by atoms with Gasteiger partial charge in [0.1, 0.15) is 5.75 Å². The Kier molecular flexibility index (Phi) is 7.71. The molecule has 0 bridgehead atoms. The van der Waals surface area contributed by atoms with Gasteiger partial charge >= 0.3 is 0 Å². The van der Waals surface area contributed by atoms with Crippen molar-refractivity contribution >= 4 is 23.2 Å². The van der Waals surface area contributed by atoms with E-state index in [0.717, 1.165) is 18.5 Å². The summed E-state index contributed by atoms with van der Waals surface area (Å²) in [4.78, 5) is 24.9. The molecule has 0 atom stereocenters. The van der Waals surface area contributed by atoms with Crippen LogP contribution in [0, 0.1) is 0 Å². The molecule has 160 valence electrons. The zero-order chi connectivity index (χ0) is 21.3. The molecular weight excluding hydrogens is 378 g/mol. The first-order valence-electron chi connectivity index (χ1n) is 10.7. The minimum atomic E-state index is -0.195. The first-order valence-corrected chi connectivity index (χ1v) is 10.7. The maximum atomic E-state index is 12.5. The van der Waals surface area contributed by atoms with Gasteiger partial charge in [0.15, 0.2) is 0 Å². The van der Waals surface area contributed by atoms with Crippen LogP contribution < -0.4 is 20.7 Å². The average Bonchev–Trinajstić information content (AvgIpc) is 2.73. The van der Waals surface area contributed by atoms with E-state index >= 15 is 0 Å². The Morgan fingerprint density at radius 1 is 1.03 bits per heavy atom.